The van der Waals surface area contributed by atoms with E-state index in [0.29, 0.717) is 6.42 Å². The van der Waals surface area contributed by atoms with Gasteiger partial charge in [-0.1, -0.05) is 122 Å². The van der Waals surface area contributed by atoms with Crippen molar-refractivity contribution in [2.24, 2.45) is 0 Å². The maximum Gasteiger partial charge on any atom is 0.306 e. The lowest BCUT2D eigenvalue weighted by Crippen LogP contribution is -2.59. The minimum Gasteiger partial charge on any atom is -0.462 e. The molecule has 6 atom stereocenters. The molecule has 1 heterocycles. The molecule has 0 bridgehead atoms. The maximum absolute atomic E-state index is 12.4. The molecule has 43 heavy (non-hydrogen) atoms. The van der Waals surface area contributed by atoms with Gasteiger partial charge in [-0.05, 0) is 6.42 Å². The van der Waals surface area contributed by atoms with Crippen molar-refractivity contribution in [3.8, 4) is 0 Å². The van der Waals surface area contributed by atoms with Gasteiger partial charge in [0.05, 0.1) is 13.2 Å². The molecule has 10 nitrogen and oxygen atoms in total. The number of unbranched alkanes of at least 4 members (excludes halogenated alkanes) is 18. The normalized spacial score (nSPS) is 22.8. The van der Waals surface area contributed by atoms with E-state index in [-0.39, 0.29) is 19.6 Å². The fraction of sp³-hybridized carbons (Fsp3) is 0.939. The second-order valence-electron chi connectivity index (χ2n) is 12.1. The number of carbonyl (C=O) groups is 2. The van der Waals surface area contributed by atoms with E-state index in [9.17, 15) is 30.0 Å². The topological polar surface area (TPSA) is 152 Å². The van der Waals surface area contributed by atoms with Crippen LogP contribution in [0.25, 0.3) is 0 Å². The Hall–Kier alpha value is -1.30. The van der Waals surface area contributed by atoms with Gasteiger partial charge in [0, 0.05) is 13.3 Å². The largest absolute Gasteiger partial charge is 0.462 e. The summed E-state index contributed by atoms with van der Waals surface area (Å²) in [6.45, 7) is 2.39. The molecule has 0 spiro atoms. The number of aliphatic hydroxyl groups excluding tert-OH is 4. The van der Waals surface area contributed by atoms with Gasteiger partial charge in [-0.3, -0.25) is 9.59 Å². The van der Waals surface area contributed by atoms with Crippen LogP contribution >= 0.6 is 0 Å². The van der Waals surface area contributed by atoms with E-state index in [1.54, 1.807) is 0 Å². The Morgan fingerprint density at radius 2 is 1.14 bits per heavy atom. The van der Waals surface area contributed by atoms with E-state index in [1.807, 2.05) is 0 Å². The number of rotatable bonds is 27. The van der Waals surface area contributed by atoms with Gasteiger partial charge in [-0.25, -0.2) is 0 Å². The highest BCUT2D eigenvalue weighted by Gasteiger charge is 2.44. The Kier molecular flexibility index (Phi) is 24.0. The van der Waals surface area contributed by atoms with E-state index in [4.69, 9.17) is 18.9 Å². The van der Waals surface area contributed by atoms with Crippen molar-refractivity contribution >= 4 is 11.9 Å². The summed E-state index contributed by atoms with van der Waals surface area (Å²) in [6.07, 6.45) is 16.4. The molecule has 0 saturated carbocycles. The molecule has 4 N–H and O–H groups in total. The van der Waals surface area contributed by atoms with E-state index in [2.05, 4.69) is 6.92 Å². The SMILES string of the molecule is CCCCCCCCCCCCCCCCCCCCCC(=O)OC(COC(C)=O)COC1OC(CO)C(O)C(O)C1O. The molecule has 1 saturated heterocycles. The molecule has 0 amide bonds. The van der Waals surface area contributed by atoms with Crippen molar-refractivity contribution in [2.45, 2.75) is 179 Å². The monoisotopic (exact) mass is 618 g/mol. The first kappa shape index (κ1) is 39.7. The summed E-state index contributed by atoms with van der Waals surface area (Å²) in [4.78, 5) is 23.6. The van der Waals surface area contributed by atoms with Crippen molar-refractivity contribution in [3.05, 3.63) is 0 Å². The molecule has 254 valence electrons. The average molecular weight is 619 g/mol. The van der Waals surface area contributed by atoms with Crippen molar-refractivity contribution in [1.29, 1.82) is 0 Å². The van der Waals surface area contributed by atoms with Crippen LogP contribution in [0.4, 0.5) is 0 Å². The highest BCUT2D eigenvalue weighted by molar-refractivity contribution is 5.69. The molecular formula is C33H62O10. The molecule has 0 radical (unpaired) electrons. The van der Waals surface area contributed by atoms with Gasteiger partial charge in [0.1, 0.15) is 31.0 Å². The zero-order chi connectivity index (χ0) is 31.7. The number of hydrogen-bond donors (Lipinski definition) is 4. The molecule has 1 fully saturated rings. The molecule has 1 aliphatic heterocycles. The van der Waals surface area contributed by atoms with Crippen molar-refractivity contribution in [3.63, 3.8) is 0 Å². The highest BCUT2D eigenvalue weighted by atomic mass is 16.7. The molecular weight excluding hydrogens is 556 g/mol. The Morgan fingerprint density at radius 3 is 1.58 bits per heavy atom. The predicted octanol–water partition coefficient (Wildman–Crippen LogP) is 5.10. The first-order chi connectivity index (χ1) is 20.8. The lowest BCUT2D eigenvalue weighted by molar-refractivity contribution is -0.305. The number of esters is 2. The fourth-order valence-corrected chi connectivity index (χ4v) is 5.33. The summed E-state index contributed by atoms with van der Waals surface area (Å²) < 4.78 is 21.2. The third-order valence-electron chi connectivity index (χ3n) is 8.05. The molecule has 0 aromatic heterocycles. The van der Waals surface area contributed by atoms with Gasteiger partial charge in [-0.2, -0.15) is 0 Å². The van der Waals surface area contributed by atoms with E-state index >= 15 is 0 Å². The van der Waals surface area contributed by atoms with Crippen LogP contribution in [0.2, 0.25) is 0 Å². The zero-order valence-electron chi connectivity index (χ0n) is 27.0. The lowest BCUT2D eigenvalue weighted by atomic mass is 9.99. The quantitative estimate of drug-likeness (QED) is 0.0723. The molecule has 0 aromatic rings. The Morgan fingerprint density at radius 1 is 0.674 bits per heavy atom. The lowest BCUT2D eigenvalue weighted by Gasteiger charge is -2.39. The van der Waals surface area contributed by atoms with E-state index in [0.717, 1.165) is 19.3 Å². The van der Waals surface area contributed by atoms with Crippen LogP contribution in [0.15, 0.2) is 0 Å². The second kappa shape index (κ2) is 26.0. The Balaban J connectivity index is 2.09. The van der Waals surface area contributed by atoms with E-state index < -0.39 is 55.4 Å². The van der Waals surface area contributed by atoms with Crippen LogP contribution in [0.1, 0.15) is 142 Å². The van der Waals surface area contributed by atoms with Gasteiger partial charge in [0.15, 0.2) is 12.4 Å². The molecule has 10 heteroatoms. The standard InChI is InChI=1S/C33H62O10/c1-3-4-5-6-7-8-9-10-11-12-13-14-15-16-17-18-19-20-21-22-29(36)42-27(24-40-26(2)35)25-41-33-32(39)31(38)30(37)28(23-34)43-33/h27-28,30-34,37-39H,3-25H2,1-2H3. The van der Waals surface area contributed by atoms with Crippen molar-refractivity contribution in [1.82, 2.24) is 0 Å². The minimum absolute atomic E-state index is 0.232. The summed E-state index contributed by atoms with van der Waals surface area (Å²) in [6, 6.07) is 0. The average Bonchev–Trinajstić information content (AvgIpc) is 2.99. The molecule has 0 aliphatic carbocycles. The van der Waals surface area contributed by atoms with Gasteiger partial charge in [0.2, 0.25) is 0 Å². The first-order valence-corrected chi connectivity index (χ1v) is 17.0. The van der Waals surface area contributed by atoms with Crippen LogP contribution in [-0.2, 0) is 28.5 Å². The maximum atomic E-state index is 12.4. The van der Waals surface area contributed by atoms with Crippen LogP contribution < -0.4 is 0 Å². The smallest absolute Gasteiger partial charge is 0.306 e. The van der Waals surface area contributed by atoms with Gasteiger partial charge in [0.25, 0.3) is 0 Å². The summed E-state index contributed by atoms with van der Waals surface area (Å²) in [7, 11) is 0. The Bertz CT molecular complexity index is 689. The molecule has 6 unspecified atom stereocenters. The van der Waals surface area contributed by atoms with Crippen molar-refractivity contribution in [2.75, 3.05) is 19.8 Å². The fourth-order valence-electron chi connectivity index (χ4n) is 5.33. The van der Waals surface area contributed by atoms with Crippen LogP contribution in [0.5, 0.6) is 0 Å². The van der Waals surface area contributed by atoms with Crippen LogP contribution in [0, 0.1) is 0 Å². The molecule has 1 rings (SSSR count). The summed E-state index contributed by atoms with van der Waals surface area (Å²) >= 11 is 0. The predicted molar refractivity (Wildman–Crippen MR) is 164 cm³/mol. The van der Waals surface area contributed by atoms with Crippen molar-refractivity contribution < 1.29 is 49.0 Å². The highest BCUT2D eigenvalue weighted by Crippen LogP contribution is 2.22. The third-order valence-corrected chi connectivity index (χ3v) is 8.05. The molecule has 0 aromatic carbocycles. The van der Waals surface area contributed by atoms with Gasteiger partial charge in [-0.15, -0.1) is 0 Å². The van der Waals surface area contributed by atoms with Gasteiger partial charge < -0.3 is 39.4 Å². The summed E-state index contributed by atoms with van der Waals surface area (Å²) in [5.41, 5.74) is 0. The number of carbonyl (C=O) groups excluding carboxylic acids is 2. The van der Waals surface area contributed by atoms with E-state index in [1.165, 1.54) is 103 Å². The third kappa shape index (κ3) is 19.6. The number of ether oxygens (including phenoxy) is 4. The number of aliphatic hydroxyl groups is 4. The second-order valence-corrected chi connectivity index (χ2v) is 12.1. The summed E-state index contributed by atoms with van der Waals surface area (Å²) in [5, 5.41) is 39.2. The number of hydrogen-bond acceptors (Lipinski definition) is 10. The minimum atomic E-state index is -1.58. The summed E-state index contributed by atoms with van der Waals surface area (Å²) in [5.74, 6) is -0.991. The first-order valence-electron chi connectivity index (χ1n) is 17.0. The van der Waals surface area contributed by atoms with Gasteiger partial charge >= 0.3 is 11.9 Å². The van der Waals surface area contributed by atoms with Crippen LogP contribution in [-0.4, -0.2) is 89.0 Å². The Labute approximate surface area is 259 Å². The van der Waals surface area contributed by atoms with Crippen LogP contribution in [0.3, 0.4) is 0 Å². The molecule has 1 aliphatic rings. The zero-order valence-corrected chi connectivity index (χ0v) is 27.0.